The molecule has 0 amide bonds. The van der Waals surface area contributed by atoms with E-state index in [0.717, 1.165) is 11.3 Å². The number of hydrogen-bond acceptors (Lipinski definition) is 4. The molecule has 20 heavy (non-hydrogen) atoms. The molecule has 0 saturated heterocycles. The van der Waals surface area contributed by atoms with Gasteiger partial charge in [0.05, 0.1) is 0 Å². The minimum absolute atomic E-state index is 0.105. The first-order valence-corrected chi connectivity index (χ1v) is 7.27. The van der Waals surface area contributed by atoms with E-state index in [4.69, 9.17) is 4.74 Å². The van der Waals surface area contributed by atoms with Crippen molar-refractivity contribution in [3.63, 3.8) is 0 Å². The van der Waals surface area contributed by atoms with Crippen LogP contribution in [0.1, 0.15) is 25.8 Å². The Morgan fingerprint density at radius 2 is 2.00 bits per heavy atom. The molecule has 1 unspecified atom stereocenters. The Labute approximate surface area is 125 Å². The maximum absolute atomic E-state index is 10.8. The lowest BCUT2D eigenvalue weighted by atomic mass is 10.1. The highest BCUT2D eigenvalue weighted by Gasteiger charge is 2.06. The zero-order valence-electron chi connectivity index (χ0n) is 12.0. The smallest absolute Gasteiger partial charge is 0.186 e. The number of rotatable bonds is 9. The SMILES string of the molecule is CC(C)NCC(O)COc1ccc(CCC(=O)S)cc1. The van der Waals surface area contributed by atoms with E-state index in [2.05, 4.69) is 17.9 Å². The molecule has 0 aliphatic heterocycles. The highest BCUT2D eigenvalue weighted by Crippen LogP contribution is 2.14. The van der Waals surface area contributed by atoms with Gasteiger partial charge in [-0.3, -0.25) is 4.79 Å². The molecule has 0 aliphatic rings. The zero-order chi connectivity index (χ0) is 15.0. The van der Waals surface area contributed by atoms with Crippen LogP contribution in [0.4, 0.5) is 0 Å². The van der Waals surface area contributed by atoms with Crippen LogP contribution in [0.15, 0.2) is 24.3 Å². The van der Waals surface area contributed by atoms with Crippen LogP contribution in [0.3, 0.4) is 0 Å². The van der Waals surface area contributed by atoms with Gasteiger partial charge >= 0.3 is 0 Å². The largest absolute Gasteiger partial charge is 0.491 e. The number of hydrogen-bond donors (Lipinski definition) is 3. The fourth-order valence-electron chi connectivity index (χ4n) is 1.63. The predicted octanol–water partition coefficient (Wildman–Crippen LogP) is 1.81. The molecule has 1 aromatic rings. The molecule has 1 aromatic carbocycles. The molecule has 1 rings (SSSR count). The number of ether oxygens (including phenoxy) is 1. The van der Waals surface area contributed by atoms with Gasteiger partial charge in [0.2, 0.25) is 0 Å². The average Bonchev–Trinajstić information content (AvgIpc) is 2.41. The molecule has 1 atom stereocenters. The first kappa shape index (κ1) is 17.0. The standard InChI is InChI=1S/C15H23NO3S/c1-11(2)16-9-13(17)10-19-14-6-3-12(4-7-14)5-8-15(18)20/h3-4,6-7,11,13,16-17H,5,8-10H2,1-2H3,(H,18,20). The van der Waals surface area contributed by atoms with Gasteiger partial charge in [-0.1, -0.05) is 26.0 Å². The maximum Gasteiger partial charge on any atom is 0.186 e. The van der Waals surface area contributed by atoms with Gasteiger partial charge in [0.25, 0.3) is 0 Å². The summed E-state index contributed by atoms with van der Waals surface area (Å²) in [6, 6.07) is 7.88. The van der Waals surface area contributed by atoms with Gasteiger partial charge in [-0.25, -0.2) is 0 Å². The second-order valence-corrected chi connectivity index (χ2v) is 5.56. The number of benzene rings is 1. The summed E-state index contributed by atoms with van der Waals surface area (Å²) in [5.74, 6) is 0.717. The van der Waals surface area contributed by atoms with Gasteiger partial charge in [0.15, 0.2) is 5.12 Å². The van der Waals surface area contributed by atoms with Gasteiger partial charge in [0.1, 0.15) is 18.5 Å². The molecule has 0 bridgehead atoms. The van der Waals surface area contributed by atoms with Gasteiger partial charge in [-0.05, 0) is 24.1 Å². The monoisotopic (exact) mass is 297 g/mol. The summed E-state index contributed by atoms with van der Waals surface area (Å²) in [6.45, 7) is 4.83. The third-order valence-corrected chi connectivity index (χ3v) is 2.98. The fraction of sp³-hybridized carbons (Fsp3) is 0.533. The number of aryl methyl sites for hydroxylation is 1. The molecule has 0 heterocycles. The summed E-state index contributed by atoms with van der Waals surface area (Å²) in [6.07, 6.45) is 0.589. The molecule has 4 nitrogen and oxygen atoms in total. The van der Waals surface area contributed by atoms with Crippen LogP contribution >= 0.6 is 12.6 Å². The van der Waals surface area contributed by atoms with E-state index < -0.39 is 6.10 Å². The van der Waals surface area contributed by atoms with Crippen molar-refractivity contribution in [2.75, 3.05) is 13.2 Å². The molecule has 5 heteroatoms. The molecular weight excluding hydrogens is 274 g/mol. The number of aliphatic hydroxyl groups excluding tert-OH is 1. The van der Waals surface area contributed by atoms with Crippen LogP contribution in [-0.4, -0.2) is 35.5 Å². The predicted molar refractivity (Wildman–Crippen MR) is 83.4 cm³/mol. The second kappa shape index (κ2) is 9.00. The van der Waals surface area contributed by atoms with E-state index in [1.165, 1.54) is 0 Å². The lowest BCUT2D eigenvalue weighted by molar-refractivity contribution is -0.110. The van der Waals surface area contributed by atoms with E-state index in [1.807, 2.05) is 38.1 Å². The summed E-state index contributed by atoms with van der Waals surface area (Å²) in [4.78, 5) is 10.8. The molecule has 0 aromatic heterocycles. The van der Waals surface area contributed by atoms with E-state index >= 15 is 0 Å². The van der Waals surface area contributed by atoms with Crippen LogP contribution in [0.2, 0.25) is 0 Å². The highest BCUT2D eigenvalue weighted by atomic mass is 32.1. The van der Waals surface area contributed by atoms with Gasteiger partial charge in [-0.2, -0.15) is 0 Å². The summed E-state index contributed by atoms with van der Waals surface area (Å²) in [7, 11) is 0. The van der Waals surface area contributed by atoms with Gasteiger partial charge in [-0.15, -0.1) is 12.6 Å². The maximum atomic E-state index is 10.8. The Morgan fingerprint density at radius 3 is 2.55 bits per heavy atom. The number of aliphatic hydroxyl groups is 1. The Bertz CT molecular complexity index is 406. The molecule has 0 fully saturated rings. The summed E-state index contributed by atoms with van der Waals surface area (Å²) >= 11 is 3.74. The number of carbonyl (C=O) groups is 1. The van der Waals surface area contributed by atoms with Crippen molar-refractivity contribution >= 4 is 17.7 Å². The molecule has 0 saturated carbocycles. The van der Waals surface area contributed by atoms with Crippen LogP contribution in [0.25, 0.3) is 0 Å². The second-order valence-electron chi connectivity index (χ2n) is 5.07. The topological polar surface area (TPSA) is 58.6 Å². The molecular formula is C15H23NO3S. The van der Waals surface area contributed by atoms with E-state index in [1.54, 1.807) is 0 Å². The average molecular weight is 297 g/mol. The minimum atomic E-state index is -0.529. The lowest BCUT2D eigenvalue weighted by Crippen LogP contribution is -2.35. The summed E-state index contributed by atoms with van der Waals surface area (Å²) < 4.78 is 5.51. The van der Waals surface area contributed by atoms with Gasteiger partial charge < -0.3 is 15.2 Å². The molecule has 0 radical (unpaired) electrons. The van der Waals surface area contributed by atoms with Crippen molar-refractivity contribution in [3.8, 4) is 5.75 Å². The van der Waals surface area contributed by atoms with Crippen molar-refractivity contribution in [3.05, 3.63) is 29.8 Å². The fourth-order valence-corrected chi connectivity index (χ4v) is 1.74. The van der Waals surface area contributed by atoms with Crippen LogP contribution < -0.4 is 10.1 Å². The number of thiol groups is 1. The third kappa shape index (κ3) is 7.53. The van der Waals surface area contributed by atoms with Crippen molar-refractivity contribution in [2.45, 2.75) is 38.8 Å². The van der Waals surface area contributed by atoms with Crippen molar-refractivity contribution < 1.29 is 14.6 Å². The van der Waals surface area contributed by atoms with Crippen LogP contribution in [0.5, 0.6) is 5.75 Å². The molecule has 112 valence electrons. The summed E-state index contributed by atoms with van der Waals surface area (Å²) in [5, 5.41) is 12.8. The van der Waals surface area contributed by atoms with E-state index in [-0.39, 0.29) is 11.7 Å². The zero-order valence-corrected chi connectivity index (χ0v) is 12.9. The van der Waals surface area contributed by atoms with E-state index in [0.29, 0.717) is 25.4 Å². The Balaban J connectivity index is 2.32. The van der Waals surface area contributed by atoms with Crippen molar-refractivity contribution in [1.29, 1.82) is 0 Å². The molecule has 0 aliphatic carbocycles. The first-order chi connectivity index (χ1) is 9.47. The van der Waals surface area contributed by atoms with Crippen molar-refractivity contribution in [1.82, 2.24) is 5.32 Å². The first-order valence-electron chi connectivity index (χ1n) is 6.82. The third-order valence-electron chi connectivity index (χ3n) is 2.76. The Hall–Kier alpha value is -1.04. The van der Waals surface area contributed by atoms with E-state index in [9.17, 15) is 9.90 Å². The lowest BCUT2D eigenvalue weighted by Gasteiger charge is -2.15. The quantitative estimate of drug-likeness (QED) is 0.609. The van der Waals surface area contributed by atoms with Crippen LogP contribution in [-0.2, 0) is 11.2 Å². The van der Waals surface area contributed by atoms with Crippen molar-refractivity contribution in [2.24, 2.45) is 0 Å². The molecule has 0 spiro atoms. The Kier molecular flexibility index (Phi) is 7.65. The highest BCUT2D eigenvalue weighted by molar-refractivity contribution is 7.96. The normalized spacial score (nSPS) is 12.4. The van der Waals surface area contributed by atoms with Gasteiger partial charge in [0, 0.05) is 19.0 Å². The Morgan fingerprint density at radius 1 is 1.35 bits per heavy atom. The number of carbonyl (C=O) groups excluding carboxylic acids is 1. The van der Waals surface area contributed by atoms with Crippen LogP contribution in [0, 0.1) is 0 Å². The molecule has 2 N–H and O–H groups in total. The number of nitrogens with one attached hydrogen (secondary N) is 1. The minimum Gasteiger partial charge on any atom is -0.491 e. The summed E-state index contributed by atoms with van der Waals surface area (Å²) in [5.41, 5.74) is 1.07.